The van der Waals surface area contributed by atoms with Crippen molar-refractivity contribution in [3.05, 3.63) is 42.0 Å². The minimum Gasteiger partial charge on any atom is -0.481 e. The fourth-order valence-electron chi connectivity index (χ4n) is 1.78. The Kier molecular flexibility index (Phi) is 5.61. The Balaban J connectivity index is 2.83. The number of benzene rings is 1. The highest BCUT2D eigenvalue weighted by molar-refractivity contribution is 5.80. The van der Waals surface area contributed by atoms with Crippen LogP contribution in [0.15, 0.2) is 30.9 Å². The SMILES string of the molecule is C=CCNC(=O)[C@@H](C)Oc1cc(C)ccc1C(C)C. The number of carbonyl (C=O) groups is 1. The normalized spacial score (nSPS) is 12.1. The zero-order valence-electron chi connectivity index (χ0n) is 12.2. The van der Waals surface area contributed by atoms with Crippen molar-refractivity contribution >= 4 is 5.91 Å². The molecule has 1 rings (SSSR count). The van der Waals surface area contributed by atoms with Crippen LogP contribution in [0.1, 0.15) is 37.8 Å². The molecule has 0 saturated heterocycles. The molecule has 0 spiro atoms. The second-order valence-electron chi connectivity index (χ2n) is 4.99. The Labute approximate surface area is 115 Å². The smallest absolute Gasteiger partial charge is 0.261 e. The highest BCUT2D eigenvalue weighted by Crippen LogP contribution is 2.28. The van der Waals surface area contributed by atoms with E-state index in [0.29, 0.717) is 12.5 Å². The fraction of sp³-hybridized carbons (Fsp3) is 0.438. The molecule has 0 bridgehead atoms. The average Bonchev–Trinajstić information content (AvgIpc) is 2.35. The van der Waals surface area contributed by atoms with E-state index < -0.39 is 6.10 Å². The minimum absolute atomic E-state index is 0.129. The van der Waals surface area contributed by atoms with E-state index >= 15 is 0 Å². The summed E-state index contributed by atoms with van der Waals surface area (Å²) in [6.07, 6.45) is 1.14. The number of rotatable bonds is 6. The maximum atomic E-state index is 11.8. The molecule has 104 valence electrons. The van der Waals surface area contributed by atoms with Gasteiger partial charge in [0.25, 0.3) is 5.91 Å². The summed E-state index contributed by atoms with van der Waals surface area (Å²) in [5.74, 6) is 1.02. The van der Waals surface area contributed by atoms with Gasteiger partial charge in [-0.1, -0.05) is 32.1 Å². The summed E-state index contributed by atoms with van der Waals surface area (Å²) in [6, 6.07) is 6.10. The lowest BCUT2D eigenvalue weighted by molar-refractivity contribution is -0.127. The molecule has 1 aromatic rings. The Bertz CT molecular complexity index is 452. The molecule has 3 heteroatoms. The Morgan fingerprint density at radius 2 is 2.11 bits per heavy atom. The van der Waals surface area contributed by atoms with Crippen LogP contribution in [0.3, 0.4) is 0 Å². The Hall–Kier alpha value is -1.77. The summed E-state index contributed by atoms with van der Waals surface area (Å²) >= 11 is 0. The fourth-order valence-corrected chi connectivity index (χ4v) is 1.78. The van der Waals surface area contributed by atoms with Crippen LogP contribution in [-0.4, -0.2) is 18.6 Å². The first kappa shape index (κ1) is 15.3. The van der Waals surface area contributed by atoms with Crippen molar-refractivity contribution in [2.45, 2.75) is 39.7 Å². The van der Waals surface area contributed by atoms with E-state index in [9.17, 15) is 4.79 Å². The van der Waals surface area contributed by atoms with Gasteiger partial charge in [-0.05, 0) is 37.0 Å². The number of hydrogen-bond donors (Lipinski definition) is 1. The van der Waals surface area contributed by atoms with Crippen molar-refractivity contribution in [2.75, 3.05) is 6.54 Å². The molecule has 1 atom stereocenters. The van der Waals surface area contributed by atoms with Crippen LogP contribution in [0, 0.1) is 6.92 Å². The van der Waals surface area contributed by atoms with Crippen LogP contribution >= 0.6 is 0 Å². The zero-order valence-corrected chi connectivity index (χ0v) is 12.2. The van der Waals surface area contributed by atoms with Gasteiger partial charge in [0.1, 0.15) is 5.75 Å². The molecule has 1 aromatic carbocycles. The number of nitrogens with one attached hydrogen (secondary N) is 1. The molecule has 0 saturated carbocycles. The number of aryl methyl sites for hydroxylation is 1. The summed E-state index contributed by atoms with van der Waals surface area (Å²) in [7, 11) is 0. The molecule has 19 heavy (non-hydrogen) atoms. The van der Waals surface area contributed by atoms with Gasteiger partial charge in [-0.2, -0.15) is 0 Å². The highest BCUT2D eigenvalue weighted by atomic mass is 16.5. The van der Waals surface area contributed by atoms with Crippen LogP contribution in [0.2, 0.25) is 0 Å². The largest absolute Gasteiger partial charge is 0.481 e. The molecule has 1 amide bonds. The molecule has 0 heterocycles. The number of amides is 1. The van der Waals surface area contributed by atoms with Gasteiger partial charge in [0.05, 0.1) is 0 Å². The van der Waals surface area contributed by atoms with Crippen LogP contribution in [0.25, 0.3) is 0 Å². The summed E-state index contributed by atoms with van der Waals surface area (Å²) in [4.78, 5) is 11.8. The van der Waals surface area contributed by atoms with Crippen molar-refractivity contribution in [2.24, 2.45) is 0 Å². The second-order valence-corrected chi connectivity index (χ2v) is 4.99. The first-order valence-corrected chi connectivity index (χ1v) is 6.61. The molecule has 0 aromatic heterocycles. The van der Waals surface area contributed by atoms with Crippen molar-refractivity contribution in [1.29, 1.82) is 0 Å². The number of ether oxygens (including phenoxy) is 1. The van der Waals surface area contributed by atoms with E-state index in [0.717, 1.165) is 16.9 Å². The van der Waals surface area contributed by atoms with Gasteiger partial charge in [-0.25, -0.2) is 0 Å². The van der Waals surface area contributed by atoms with E-state index in [1.807, 2.05) is 13.0 Å². The van der Waals surface area contributed by atoms with Gasteiger partial charge >= 0.3 is 0 Å². The van der Waals surface area contributed by atoms with Crippen LogP contribution in [-0.2, 0) is 4.79 Å². The third-order valence-electron chi connectivity index (χ3n) is 2.88. The molecule has 0 fully saturated rings. The maximum absolute atomic E-state index is 11.8. The summed E-state index contributed by atoms with van der Waals surface area (Å²) < 4.78 is 5.80. The van der Waals surface area contributed by atoms with Crippen molar-refractivity contribution in [1.82, 2.24) is 5.32 Å². The predicted octanol–water partition coefficient (Wildman–Crippen LogP) is 3.19. The topological polar surface area (TPSA) is 38.3 Å². The van der Waals surface area contributed by atoms with Crippen molar-refractivity contribution < 1.29 is 9.53 Å². The van der Waals surface area contributed by atoms with Crippen LogP contribution in [0.4, 0.5) is 0 Å². The van der Waals surface area contributed by atoms with Crippen molar-refractivity contribution in [3.8, 4) is 5.75 Å². The van der Waals surface area contributed by atoms with Gasteiger partial charge < -0.3 is 10.1 Å². The van der Waals surface area contributed by atoms with Gasteiger partial charge in [0, 0.05) is 6.54 Å². The highest BCUT2D eigenvalue weighted by Gasteiger charge is 2.16. The third kappa shape index (κ3) is 4.43. The van der Waals surface area contributed by atoms with Gasteiger partial charge in [0.2, 0.25) is 0 Å². The third-order valence-corrected chi connectivity index (χ3v) is 2.88. The van der Waals surface area contributed by atoms with E-state index in [1.165, 1.54) is 0 Å². The molecular weight excluding hydrogens is 238 g/mol. The molecule has 0 radical (unpaired) electrons. The number of hydrogen-bond acceptors (Lipinski definition) is 2. The first-order valence-electron chi connectivity index (χ1n) is 6.61. The molecule has 0 aliphatic carbocycles. The van der Waals surface area contributed by atoms with Crippen LogP contribution in [0.5, 0.6) is 5.75 Å². The maximum Gasteiger partial charge on any atom is 0.261 e. The average molecular weight is 261 g/mol. The lowest BCUT2D eigenvalue weighted by atomic mass is 10.0. The molecule has 0 aliphatic heterocycles. The summed E-state index contributed by atoms with van der Waals surface area (Å²) in [5.41, 5.74) is 2.24. The molecule has 0 aliphatic rings. The second kappa shape index (κ2) is 6.98. The minimum atomic E-state index is -0.515. The van der Waals surface area contributed by atoms with Gasteiger partial charge in [0.15, 0.2) is 6.10 Å². The standard InChI is InChI=1S/C16H23NO2/c1-6-9-17-16(18)13(5)19-15-10-12(4)7-8-14(15)11(2)3/h6-8,10-11,13H,1,9H2,2-5H3,(H,17,18)/t13-/m1/s1. The molecule has 0 unspecified atom stereocenters. The molecular formula is C16H23NO2. The molecule has 3 nitrogen and oxygen atoms in total. The van der Waals surface area contributed by atoms with Crippen LogP contribution < -0.4 is 10.1 Å². The monoisotopic (exact) mass is 261 g/mol. The summed E-state index contributed by atoms with van der Waals surface area (Å²) in [6.45, 7) is 12.0. The first-order chi connectivity index (χ1) is 8.95. The van der Waals surface area contributed by atoms with E-state index in [4.69, 9.17) is 4.74 Å². The zero-order chi connectivity index (χ0) is 14.4. The lowest BCUT2D eigenvalue weighted by Crippen LogP contribution is -2.36. The van der Waals surface area contributed by atoms with Gasteiger partial charge in [-0.3, -0.25) is 4.79 Å². The Morgan fingerprint density at radius 3 is 2.68 bits per heavy atom. The number of carbonyl (C=O) groups excluding carboxylic acids is 1. The van der Waals surface area contributed by atoms with Crippen molar-refractivity contribution in [3.63, 3.8) is 0 Å². The summed E-state index contributed by atoms with van der Waals surface area (Å²) in [5, 5.41) is 2.73. The van der Waals surface area contributed by atoms with E-state index in [-0.39, 0.29) is 5.91 Å². The van der Waals surface area contributed by atoms with E-state index in [1.54, 1.807) is 13.0 Å². The lowest BCUT2D eigenvalue weighted by Gasteiger charge is -2.19. The van der Waals surface area contributed by atoms with E-state index in [2.05, 4.69) is 37.9 Å². The molecule has 1 N–H and O–H groups in total. The van der Waals surface area contributed by atoms with Gasteiger partial charge in [-0.15, -0.1) is 6.58 Å². The quantitative estimate of drug-likeness (QED) is 0.799. The predicted molar refractivity (Wildman–Crippen MR) is 78.6 cm³/mol. The Morgan fingerprint density at radius 1 is 1.42 bits per heavy atom.